The summed E-state index contributed by atoms with van der Waals surface area (Å²) in [5, 5.41) is 17.4. The molecule has 0 bridgehead atoms. The van der Waals surface area contributed by atoms with Crippen molar-refractivity contribution in [2.24, 2.45) is 5.92 Å². The maximum absolute atomic E-state index is 9.30. The molecular weight excluding hydrogens is 398 g/mol. The highest BCUT2D eigenvalue weighted by Crippen LogP contribution is 2.36. The van der Waals surface area contributed by atoms with Gasteiger partial charge in [0, 0.05) is 41.6 Å². The largest absolute Gasteiger partial charge is 0.494 e. The highest BCUT2D eigenvalue weighted by atomic mass is 16.5. The zero-order valence-corrected chi connectivity index (χ0v) is 19.1. The van der Waals surface area contributed by atoms with E-state index in [4.69, 9.17) is 4.74 Å². The molecular formula is C26H31N5O. The Balaban J connectivity index is 1.32. The van der Waals surface area contributed by atoms with Crippen LogP contribution in [0.2, 0.25) is 0 Å². The number of hydrogen-bond acceptors (Lipinski definition) is 5. The topological polar surface area (TPSA) is 75.8 Å². The number of ether oxygens (including phenoxy) is 1. The average molecular weight is 430 g/mol. The number of hydrogen-bond donors (Lipinski definition) is 1. The summed E-state index contributed by atoms with van der Waals surface area (Å²) < 4.78 is 7.21. The zero-order chi connectivity index (χ0) is 22.5. The molecule has 1 saturated carbocycles. The normalized spacial score (nSPS) is 18.3. The number of methoxy groups -OCH3 is 1. The zero-order valence-electron chi connectivity index (χ0n) is 19.1. The number of aromatic nitrogens is 3. The number of rotatable bonds is 7. The molecule has 6 heteroatoms. The van der Waals surface area contributed by atoms with Gasteiger partial charge in [-0.05, 0) is 75.3 Å². The van der Waals surface area contributed by atoms with E-state index in [0.29, 0.717) is 29.3 Å². The summed E-state index contributed by atoms with van der Waals surface area (Å²) in [5.41, 5.74) is 4.88. The SMILES string of the molecule is COc1ccc([C@H]2CC[C@H](CNc3cccc(-c4cnn(C(C)C)c4)c3)CC2)nc1C#N. The van der Waals surface area contributed by atoms with Crippen LogP contribution in [0.3, 0.4) is 0 Å². The van der Waals surface area contributed by atoms with Gasteiger partial charge in [0.05, 0.1) is 13.3 Å². The minimum Gasteiger partial charge on any atom is -0.494 e. The number of pyridine rings is 1. The lowest BCUT2D eigenvalue weighted by atomic mass is 9.80. The first-order chi connectivity index (χ1) is 15.6. The van der Waals surface area contributed by atoms with Crippen LogP contribution in [-0.2, 0) is 0 Å². The van der Waals surface area contributed by atoms with Gasteiger partial charge in [-0.2, -0.15) is 10.4 Å². The molecule has 1 aliphatic rings. The highest BCUT2D eigenvalue weighted by molar-refractivity contribution is 5.67. The molecule has 1 aromatic carbocycles. The number of benzene rings is 1. The van der Waals surface area contributed by atoms with Crippen LogP contribution >= 0.6 is 0 Å². The fourth-order valence-electron chi connectivity index (χ4n) is 4.44. The summed E-state index contributed by atoms with van der Waals surface area (Å²) in [5.74, 6) is 1.62. The van der Waals surface area contributed by atoms with Gasteiger partial charge in [0.25, 0.3) is 0 Å². The second-order valence-electron chi connectivity index (χ2n) is 8.88. The molecule has 3 aromatic rings. The van der Waals surface area contributed by atoms with Crippen LogP contribution in [0.25, 0.3) is 11.1 Å². The van der Waals surface area contributed by atoms with Crippen LogP contribution in [0.4, 0.5) is 5.69 Å². The summed E-state index contributed by atoms with van der Waals surface area (Å²) in [6.07, 6.45) is 8.57. The Labute approximate surface area is 190 Å². The molecule has 0 amide bonds. The van der Waals surface area contributed by atoms with Crippen molar-refractivity contribution >= 4 is 5.69 Å². The first-order valence-corrected chi connectivity index (χ1v) is 11.4. The summed E-state index contributed by atoms with van der Waals surface area (Å²) >= 11 is 0. The Bertz CT molecular complexity index is 1090. The van der Waals surface area contributed by atoms with Gasteiger partial charge in [-0.3, -0.25) is 4.68 Å². The van der Waals surface area contributed by atoms with E-state index < -0.39 is 0 Å². The Kier molecular flexibility index (Phi) is 6.75. The van der Waals surface area contributed by atoms with Crippen LogP contribution in [0, 0.1) is 17.2 Å². The van der Waals surface area contributed by atoms with E-state index in [1.165, 1.54) is 5.56 Å². The van der Waals surface area contributed by atoms with Gasteiger partial charge < -0.3 is 10.1 Å². The van der Waals surface area contributed by atoms with Crippen molar-refractivity contribution in [2.75, 3.05) is 19.0 Å². The van der Waals surface area contributed by atoms with E-state index in [2.05, 4.69) is 65.8 Å². The Morgan fingerprint density at radius 3 is 2.66 bits per heavy atom. The third kappa shape index (κ3) is 4.94. The maximum atomic E-state index is 9.30. The molecule has 4 rings (SSSR count). The van der Waals surface area contributed by atoms with Crippen molar-refractivity contribution < 1.29 is 4.74 Å². The van der Waals surface area contributed by atoms with Crippen molar-refractivity contribution in [3.63, 3.8) is 0 Å². The summed E-state index contributed by atoms with van der Waals surface area (Å²) in [7, 11) is 1.57. The van der Waals surface area contributed by atoms with E-state index in [0.717, 1.165) is 49.2 Å². The third-order valence-electron chi connectivity index (χ3n) is 6.39. The minimum atomic E-state index is 0.361. The van der Waals surface area contributed by atoms with Gasteiger partial charge in [0.2, 0.25) is 0 Å². The lowest BCUT2D eigenvalue weighted by molar-refractivity contribution is 0.334. The van der Waals surface area contributed by atoms with Crippen molar-refractivity contribution in [1.82, 2.24) is 14.8 Å². The van der Waals surface area contributed by atoms with Crippen molar-refractivity contribution in [3.05, 3.63) is 60.2 Å². The number of nitrogens with zero attached hydrogens (tertiary/aromatic N) is 4. The fourth-order valence-corrected chi connectivity index (χ4v) is 4.44. The second kappa shape index (κ2) is 9.86. The molecule has 2 heterocycles. The predicted octanol–water partition coefficient (Wildman–Crippen LogP) is 5.79. The molecule has 0 spiro atoms. The molecule has 0 atom stereocenters. The molecule has 166 valence electrons. The van der Waals surface area contributed by atoms with E-state index in [1.54, 1.807) is 7.11 Å². The van der Waals surface area contributed by atoms with Crippen LogP contribution in [0.5, 0.6) is 5.75 Å². The number of anilines is 1. The summed E-state index contributed by atoms with van der Waals surface area (Å²) in [4.78, 5) is 4.55. The standard InChI is InChI=1S/C26H31N5O/c1-18(2)31-17-22(16-29-31)21-5-4-6-23(13-21)28-15-19-7-9-20(10-8-19)24-11-12-26(32-3)25(14-27)30-24/h4-6,11-13,16-20,28H,7-10,15H2,1-3H3/t19-,20-. The van der Waals surface area contributed by atoms with Gasteiger partial charge in [-0.25, -0.2) is 4.98 Å². The Hall–Kier alpha value is -3.33. The average Bonchev–Trinajstić information content (AvgIpc) is 3.34. The van der Waals surface area contributed by atoms with Gasteiger partial charge in [0.15, 0.2) is 11.4 Å². The quantitative estimate of drug-likeness (QED) is 0.514. The van der Waals surface area contributed by atoms with Crippen LogP contribution < -0.4 is 10.1 Å². The monoisotopic (exact) mass is 429 g/mol. The van der Waals surface area contributed by atoms with E-state index in [1.807, 2.05) is 23.0 Å². The van der Waals surface area contributed by atoms with Crippen LogP contribution in [-0.4, -0.2) is 28.4 Å². The van der Waals surface area contributed by atoms with Gasteiger partial charge >= 0.3 is 0 Å². The van der Waals surface area contributed by atoms with Crippen molar-refractivity contribution in [1.29, 1.82) is 5.26 Å². The highest BCUT2D eigenvalue weighted by Gasteiger charge is 2.24. The lowest BCUT2D eigenvalue weighted by Crippen LogP contribution is -2.21. The Morgan fingerprint density at radius 1 is 1.16 bits per heavy atom. The fraction of sp³-hybridized carbons (Fsp3) is 0.423. The first kappa shape index (κ1) is 21.9. The molecule has 0 aliphatic heterocycles. The smallest absolute Gasteiger partial charge is 0.182 e. The predicted molar refractivity (Wildman–Crippen MR) is 127 cm³/mol. The molecule has 1 aliphatic carbocycles. The van der Waals surface area contributed by atoms with Gasteiger partial charge in [-0.15, -0.1) is 0 Å². The van der Waals surface area contributed by atoms with E-state index in [9.17, 15) is 5.26 Å². The van der Waals surface area contributed by atoms with Crippen LogP contribution in [0.15, 0.2) is 48.8 Å². The number of nitriles is 1. The van der Waals surface area contributed by atoms with Gasteiger partial charge in [0.1, 0.15) is 6.07 Å². The molecule has 0 radical (unpaired) electrons. The molecule has 1 fully saturated rings. The number of nitrogens with one attached hydrogen (secondary N) is 1. The van der Waals surface area contributed by atoms with Crippen LogP contribution in [0.1, 0.15) is 62.9 Å². The summed E-state index contributed by atoms with van der Waals surface area (Å²) in [6.45, 7) is 5.24. The molecule has 6 nitrogen and oxygen atoms in total. The maximum Gasteiger partial charge on any atom is 0.182 e. The Morgan fingerprint density at radius 2 is 1.97 bits per heavy atom. The van der Waals surface area contributed by atoms with Crippen molar-refractivity contribution in [2.45, 2.75) is 51.5 Å². The minimum absolute atomic E-state index is 0.361. The molecule has 0 unspecified atom stereocenters. The first-order valence-electron chi connectivity index (χ1n) is 11.4. The lowest BCUT2D eigenvalue weighted by Gasteiger charge is -2.28. The van der Waals surface area contributed by atoms with E-state index >= 15 is 0 Å². The summed E-state index contributed by atoms with van der Waals surface area (Å²) in [6, 6.07) is 15.0. The van der Waals surface area contributed by atoms with Gasteiger partial charge in [-0.1, -0.05) is 12.1 Å². The third-order valence-corrected chi connectivity index (χ3v) is 6.39. The van der Waals surface area contributed by atoms with E-state index in [-0.39, 0.29) is 0 Å². The molecule has 2 aromatic heterocycles. The van der Waals surface area contributed by atoms with Crippen molar-refractivity contribution in [3.8, 4) is 22.9 Å². The molecule has 1 N–H and O–H groups in total. The molecule has 0 saturated heterocycles. The molecule has 32 heavy (non-hydrogen) atoms. The second-order valence-corrected chi connectivity index (χ2v) is 8.88.